The number of hydrogen-bond donors (Lipinski definition) is 1. The van der Waals surface area contributed by atoms with Gasteiger partial charge in [0.2, 0.25) is 0 Å². The zero-order chi connectivity index (χ0) is 24.9. The van der Waals surface area contributed by atoms with E-state index in [1.165, 1.54) is 30.3 Å². The van der Waals surface area contributed by atoms with Crippen molar-refractivity contribution in [3.63, 3.8) is 0 Å². The summed E-state index contributed by atoms with van der Waals surface area (Å²) in [7, 11) is 0. The quantitative estimate of drug-likeness (QED) is 0.217. The average molecular weight is 491 g/mol. The number of carbonyl (C=O) groups excluding carboxylic acids is 2. The van der Waals surface area contributed by atoms with E-state index in [-0.39, 0.29) is 28.8 Å². The van der Waals surface area contributed by atoms with Crippen molar-refractivity contribution >= 4 is 40.9 Å². The summed E-state index contributed by atoms with van der Waals surface area (Å²) in [6.45, 7) is 3.79. The molecule has 3 aromatic carbocycles. The van der Waals surface area contributed by atoms with E-state index < -0.39 is 17.6 Å². The molecule has 0 aromatic heterocycles. The van der Waals surface area contributed by atoms with Crippen molar-refractivity contribution in [1.29, 1.82) is 0 Å². The molecule has 1 heterocycles. The summed E-state index contributed by atoms with van der Waals surface area (Å²) in [5.74, 6) is -1.92. The van der Waals surface area contributed by atoms with Crippen molar-refractivity contribution < 1.29 is 23.1 Å². The standard InChI is InChI=1S/C27H20F2N2O3S/c1-2-7-18-14-17(12-13-24(18)34-16-19-8-3-4-9-21(19)28)15-20-25(32)30-27(35)31(26(20)33)23-11-6-5-10-22(23)29/h2-6,8-15H,1,7,16H2,(H,30,32,35)/b20-15+. The van der Waals surface area contributed by atoms with E-state index in [1.54, 1.807) is 48.5 Å². The number of allylic oxidation sites excluding steroid dienone is 1. The molecule has 5 nitrogen and oxygen atoms in total. The predicted octanol–water partition coefficient (Wildman–Crippen LogP) is 5.10. The van der Waals surface area contributed by atoms with Gasteiger partial charge in [-0.05, 0) is 66.2 Å². The summed E-state index contributed by atoms with van der Waals surface area (Å²) in [4.78, 5) is 26.7. The van der Waals surface area contributed by atoms with Crippen molar-refractivity contribution in [3.8, 4) is 5.75 Å². The number of para-hydroxylation sites is 1. The van der Waals surface area contributed by atoms with Gasteiger partial charge in [0, 0.05) is 5.56 Å². The fourth-order valence-corrected chi connectivity index (χ4v) is 3.87. The molecule has 176 valence electrons. The van der Waals surface area contributed by atoms with Gasteiger partial charge in [-0.15, -0.1) is 6.58 Å². The first-order valence-electron chi connectivity index (χ1n) is 10.6. The second kappa shape index (κ2) is 10.4. The summed E-state index contributed by atoms with van der Waals surface area (Å²) < 4.78 is 34.1. The fraction of sp³-hybridized carbons (Fsp3) is 0.0741. The molecule has 0 saturated carbocycles. The van der Waals surface area contributed by atoms with Gasteiger partial charge in [0.15, 0.2) is 5.11 Å². The average Bonchev–Trinajstić information content (AvgIpc) is 2.83. The minimum atomic E-state index is -0.742. The van der Waals surface area contributed by atoms with Gasteiger partial charge in [-0.2, -0.15) is 0 Å². The number of nitrogens with zero attached hydrogens (tertiary/aromatic N) is 1. The highest BCUT2D eigenvalue weighted by Gasteiger charge is 2.35. The smallest absolute Gasteiger partial charge is 0.270 e. The molecule has 0 unspecified atom stereocenters. The monoisotopic (exact) mass is 490 g/mol. The molecule has 0 radical (unpaired) electrons. The lowest BCUT2D eigenvalue weighted by Gasteiger charge is -2.29. The first-order valence-corrected chi connectivity index (χ1v) is 11.1. The van der Waals surface area contributed by atoms with Crippen LogP contribution in [0.15, 0.2) is 85.0 Å². The van der Waals surface area contributed by atoms with Gasteiger partial charge in [0.25, 0.3) is 11.8 Å². The van der Waals surface area contributed by atoms with Crippen molar-refractivity contribution in [2.75, 3.05) is 4.90 Å². The minimum Gasteiger partial charge on any atom is -0.489 e. The number of ether oxygens (including phenoxy) is 1. The van der Waals surface area contributed by atoms with Crippen molar-refractivity contribution in [2.24, 2.45) is 0 Å². The molecule has 3 aromatic rings. The van der Waals surface area contributed by atoms with Gasteiger partial charge in [-0.3, -0.25) is 14.9 Å². The summed E-state index contributed by atoms with van der Waals surface area (Å²) in [6, 6.07) is 17.1. The molecule has 1 saturated heterocycles. The molecular formula is C27H20F2N2O3S. The molecule has 4 rings (SSSR count). The molecule has 1 aliphatic heterocycles. The third-order valence-corrected chi connectivity index (χ3v) is 5.58. The molecule has 0 aliphatic carbocycles. The number of thiocarbonyl (C=S) groups is 1. The maximum absolute atomic E-state index is 14.3. The summed E-state index contributed by atoms with van der Waals surface area (Å²) in [6.07, 6.45) is 3.52. The first-order chi connectivity index (χ1) is 16.9. The Morgan fingerprint density at radius 2 is 1.69 bits per heavy atom. The number of hydrogen-bond acceptors (Lipinski definition) is 4. The molecule has 8 heteroatoms. The number of rotatable bonds is 7. The van der Waals surface area contributed by atoms with Crippen LogP contribution in [-0.2, 0) is 22.6 Å². The Labute approximate surface area is 206 Å². The van der Waals surface area contributed by atoms with E-state index in [4.69, 9.17) is 17.0 Å². The lowest BCUT2D eigenvalue weighted by Crippen LogP contribution is -2.54. The molecule has 0 spiro atoms. The van der Waals surface area contributed by atoms with Crippen LogP contribution in [0.5, 0.6) is 5.75 Å². The number of halogens is 2. The molecule has 1 aliphatic rings. The first kappa shape index (κ1) is 24.0. The van der Waals surface area contributed by atoms with Crippen molar-refractivity contribution in [3.05, 3.63) is 113 Å². The Kier molecular flexibility index (Phi) is 7.12. The number of amides is 2. The van der Waals surface area contributed by atoms with Crippen LogP contribution in [0.1, 0.15) is 16.7 Å². The zero-order valence-corrected chi connectivity index (χ0v) is 19.3. The maximum Gasteiger partial charge on any atom is 0.270 e. The fourth-order valence-electron chi connectivity index (χ4n) is 3.59. The maximum atomic E-state index is 14.3. The van der Waals surface area contributed by atoms with E-state index in [0.717, 1.165) is 10.5 Å². The second-order valence-corrected chi connectivity index (χ2v) is 8.04. The van der Waals surface area contributed by atoms with E-state index in [2.05, 4.69) is 11.9 Å². The number of nitrogens with one attached hydrogen (secondary N) is 1. The van der Waals surface area contributed by atoms with Gasteiger partial charge < -0.3 is 4.74 Å². The van der Waals surface area contributed by atoms with Crippen LogP contribution < -0.4 is 15.0 Å². The Bertz CT molecular complexity index is 1370. The van der Waals surface area contributed by atoms with Crippen LogP contribution in [0.25, 0.3) is 6.08 Å². The number of carbonyl (C=O) groups is 2. The van der Waals surface area contributed by atoms with Crippen LogP contribution in [0, 0.1) is 11.6 Å². The number of benzene rings is 3. The van der Waals surface area contributed by atoms with Gasteiger partial charge >= 0.3 is 0 Å². The normalized spacial score (nSPS) is 14.7. The molecular weight excluding hydrogens is 470 g/mol. The highest BCUT2D eigenvalue weighted by molar-refractivity contribution is 7.80. The summed E-state index contributed by atoms with van der Waals surface area (Å²) in [5.41, 5.74) is 1.43. The van der Waals surface area contributed by atoms with Crippen molar-refractivity contribution in [1.82, 2.24) is 5.32 Å². The number of anilines is 1. The SMILES string of the molecule is C=CCc1cc(/C=C2\C(=O)NC(=S)N(c3ccccc3F)C2=O)ccc1OCc1ccccc1F. The van der Waals surface area contributed by atoms with E-state index in [9.17, 15) is 18.4 Å². The molecule has 1 N–H and O–H groups in total. The molecule has 0 bridgehead atoms. The van der Waals surface area contributed by atoms with Crippen LogP contribution in [0.2, 0.25) is 0 Å². The Hall–Kier alpha value is -4.17. The lowest BCUT2D eigenvalue weighted by atomic mass is 10.0. The molecule has 1 fully saturated rings. The summed E-state index contributed by atoms with van der Waals surface area (Å²) in [5, 5.41) is 2.23. The topological polar surface area (TPSA) is 58.6 Å². The highest BCUT2D eigenvalue weighted by atomic mass is 32.1. The zero-order valence-electron chi connectivity index (χ0n) is 18.5. The van der Waals surface area contributed by atoms with Crippen LogP contribution in [0.4, 0.5) is 14.5 Å². The predicted molar refractivity (Wildman–Crippen MR) is 134 cm³/mol. The second-order valence-electron chi connectivity index (χ2n) is 7.65. The minimum absolute atomic E-state index is 0.0349. The Morgan fingerprint density at radius 3 is 2.40 bits per heavy atom. The van der Waals surface area contributed by atoms with Crippen LogP contribution in [0.3, 0.4) is 0 Å². The largest absolute Gasteiger partial charge is 0.489 e. The summed E-state index contributed by atoms with van der Waals surface area (Å²) >= 11 is 5.12. The molecule has 2 amide bonds. The Morgan fingerprint density at radius 1 is 0.971 bits per heavy atom. The third kappa shape index (κ3) is 5.17. The van der Waals surface area contributed by atoms with Gasteiger partial charge in [0.05, 0.1) is 5.69 Å². The lowest BCUT2D eigenvalue weighted by molar-refractivity contribution is -0.122. The van der Waals surface area contributed by atoms with Gasteiger partial charge in [-0.1, -0.05) is 42.5 Å². The van der Waals surface area contributed by atoms with Crippen LogP contribution in [-0.4, -0.2) is 16.9 Å². The van der Waals surface area contributed by atoms with Gasteiger partial charge in [0.1, 0.15) is 29.6 Å². The molecule has 35 heavy (non-hydrogen) atoms. The van der Waals surface area contributed by atoms with Gasteiger partial charge in [-0.25, -0.2) is 13.7 Å². The van der Waals surface area contributed by atoms with E-state index in [1.807, 2.05) is 0 Å². The van der Waals surface area contributed by atoms with E-state index >= 15 is 0 Å². The Balaban J connectivity index is 1.64. The van der Waals surface area contributed by atoms with Crippen molar-refractivity contribution in [2.45, 2.75) is 13.0 Å². The molecule has 0 atom stereocenters. The third-order valence-electron chi connectivity index (χ3n) is 5.30. The van der Waals surface area contributed by atoms with E-state index in [0.29, 0.717) is 23.3 Å². The van der Waals surface area contributed by atoms with Crippen LogP contribution >= 0.6 is 12.2 Å². The highest BCUT2D eigenvalue weighted by Crippen LogP contribution is 2.27.